The van der Waals surface area contributed by atoms with Crippen LogP contribution in [0, 0.1) is 0 Å². The number of nitrogens with one attached hydrogen (secondary N) is 2. The van der Waals surface area contributed by atoms with E-state index >= 15 is 0 Å². The molecule has 3 nitrogen and oxygen atoms in total. The Hall–Kier alpha value is -2.13. The van der Waals surface area contributed by atoms with Crippen molar-refractivity contribution in [3.05, 3.63) is 60.2 Å². The van der Waals surface area contributed by atoms with E-state index in [2.05, 4.69) is 36.6 Å². The lowest BCUT2D eigenvalue weighted by atomic mass is 10.0. The predicted octanol–water partition coefficient (Wildman–Crippen LogP) is 3.08. The molecule has 0 aromatic heterocycles. The maximum absolute atomic E-state index is 12.1. The van der Waals surface area contributed by atoms with E-state index in [4.69, 9.17) is 0 Å². The zero-order valence-corrected chi connectivity index (χ0v) is 12.6. The maximum atomic E-state index is 12.1. The number of carbonyl (C=O) groups is 1. The molecule has 0 saturated carbocycles. The monoisotopic (exact) mass is 282 g/mol. The number of rotatable bonds is 6. The summed E-state index contributed by atoms with van der Waals surface area (Å²) < 4.78 is 0. The fraction of sp³-hybridized carbons (Fsp3) is 0.278. The van der Waals surface area contributed by atoms with Crippen LogP contribution in [-0.2, 0) is 0 Å². The first-order valence-corrected chi connectivity index (χ1v) is 7.37. The number of likely N-dealkylation sites (N-methyl/N-ethyl adjacent to an activating group) is 1. The van der Waals surface area contributed by atoms with Crippen molar-refractivity contribution in [3.8, 4) is 11.1 Å². The van der Waals surface area contributed by atoms with Gasteiger partial charge in [0.25, 0.3) is 5.91 Å². The van der Waals surface area contributed by atoms with E-state index in [1.165, 1.54) is 0 Å². The summed E-state index contributed by atoms with van der Waals surface area (Å²) in [6, 6.07) is 18.1. The van der Waals surface area contributed by atoms with Crippen LogP contribution < -0.4 is 10.6 Å². The summed E-state index contributed by atoms with van der Waals surface area (Å²) in [4.78, 5) is 12.1. The number of hydrogen-bond acceptors (Lipinski definition) is 2. The number of benzene rings is 2. The van der Waals surface area contributed by atoms with Crippen molar-refractivity contribution in [1.29, 1.82) is 0 Å². The van der Waals surface area contributed by atoms with Gasteiger partial charge in [0.1, 0.15) is 0 Å². The fourth-order valence-corrected chi connectivity index (χ4v) is 2.21. The molecule has 0 radical (unpaired) electrons. The van der Waals surface area contributed by atoms with Gasteiger partial charge in [-0.25, -0.2) is 0 Å². The minimum Gasteiger partial charge on any atom is -0.350 e. The van der Waals surface area contributed by atoms with Gasteiger partial charge in [-0.2, -0.15) is 0 Å². The summed E-state index contributed by atoms with van der Waals surface area (Å²) >= 11 is 0. The lowest BCUT2D eigenvalue weighted by molar-refractivity contribution is 0.0950. The first-order chi connectivity index (χ1) is 10.2. The van der Waals surface area contributed by atoms with Crippen molar-refractivity contribution in [3.63, 3.8) is 0 Å². The third kappa shape index (κ3) is 4.43. The number of amides is 1. The third-order valence-corrected chi connectivity index (χ3v) is 3.38. The van der Waals surface area contributed by atoms with Gasteiger partial charge in [-0.15, -0.1) is 0 Å². The minimum absolute atomic E-state index is 0.0284. The Bertz CT molecular complexity index is 564. The molecule has 0 spiro atoms. The van der Waals surface area contributed by atoms with Gasteiger partial charge in [0, 0.05) is 18.2 Å². The van der Waals surface area contributed by atoms with E-state index in [1.807, 2.05) is 42.5 Å². The van der Waals surface area contributed by atoms with Gasteiger partial charge >= 0.3 is 0 Å². The van der Waals surface area contributed by atoms with Gasteiger partial charge in [-0.3, -0.25) is 4.79 Å². The van der Waals surface area contributed by atoms with Crippen LogP contribution >= 0.6 is 0 Å². The van der Waals surface area contributed by atoms with E-state index in [0.717, 1.165) is 17.7 Å². The molecule has 2 rings (SSSR count). The smallest absolute Gasteiger partial charge is 0.251 e. The first-order valence-electron chi connectivity index (χ1n) is 7.37. The van der Waals surface area contributed by atoms with Crippen molar-refractivity contribution in [2.75, 3.05) is 13.1 Å². The first kappa shape index (κ1) is 15.3. The third-order valence-electron chi connectivity index (χ3n) is 3.38. The topological polar surface area (TPSA) is 41.1 Å². The van der Waals surface area contributed by atoms with Crippen LogP contribution in [-0.4, -0.2) is 25.0 Å². The van der Waals surface area contributed by atoms with Crippen LogP contribution in [0.3, 0.4) is 0 Å². The van der Waals surface area contributed by atoms with Gasteiger partial charge in [-0.05, 0) is 36.7 Å². The van der Waals surface area contributed by atoms with Crippen LogP contribution in [0.1, 0.15) is 24.2 Å². The van der Waals surface area contributed by atoms with E-state index in [-0.39, 0.29) is 11.9 Å². The molecule has 1 atom stereocenters. The Balaban J connectivity index is 1.97. The van der Waals surface area contributed by atoms with Crippen LogP contribution in [0.2, 0.25) is 0 Å². The second-order valence-corrected chi connectivity index (χ2v) is 5.11. The zero-order chi connectivity index (χ0) is 15.1. The van der Waals surface area contributed by atoms with E-state index < -0.39 is 0 Å². The number of hydrogen-bond donors (Lipinski definition) is 2. The fourth-order valence-electron chi connectivity index (χ4n) is 2.21. The van der Waals surface area contributed by atoms with Gasteiger partial charge in [0.05, 0.1) is 0 Å². The molecule has 0 saturated heterocycles. The molecule has 0 aliphatic heterocycles. The van der Waals surface area contributed by atoms with Gasteiger partial charge in [0.15, 0.2) is 0 Å². The summed E-state index contributed by atoms with van der Waals surface area (Å²) in [5.74, 6) is -0.0284. The van der Waals surface area contributed by atoms with Crippen molar-refractivity contribution >= 4 is 5.91 Å². The molecule has 1 amide bonds. The van der Waals surface area contributed by atoms with E-state index in [1.54, 1.807) is 0 Å². The average molecular weight is 282 g/mol. The predicted molar refractivity (Wildman–Crippen MR) is 87.3 cm³/mol. The van der Waals surface area contributed by atoms with Crippen molar-refractivity contribution < 1.29 is 4.79 Å². The number of carbonyl (C=O) groups excluding carboxylic acids is 1. The molecular weight excluding hydrogens is 260 g/mol. The standard InChI is InChI=1S/C18H22N2O/c1-3-19-14(2)13-20-18(21)17-11-9-16(10-12-17)15-7-5-4-6-8-15/h4-12,14,19H,3,13H2,1-2H3,(H,20,21). The maximum Gasteiger partial charge on any atom is 0.251 e. The largest absolute Gasteiger partial charge is 0.350 e. The highest BCUT2D eigenvalue weighted by Gasteiger charge is 2.07. The Morgan fingerprint density at radius 1 is 1.00 bits per heavy atom. The highest BCUT2D eigenvalue weighted by atomic mass is 16.1. The quantitative estimate of drug-likeness (QED) is 0.855. The molecule has 21 heavy (non-hydrogen) atoms. The van der Waals surface area contributed by atoms with Crippen LogP contribution in [0.5, 0.6) is 0 Å². The van der Waals surface area contributed by atoms with Crippen molar-refractivity contribution in [2.45, 2.75) is 19.9 Å². The molecule has 2 aromatic rings. The Morgan fingerprint density at radius 2 is 1.62 bits per heavy atom. The normalized spacial score (nSPS) is 11.9. The highest BCUT2D eigenvalue weighted by molar-refractivity contribution is 5.94. The zero-order valence-electron chi connectivity index (χ0n) is 12.6. The average Bonchev–Trinajstić information content (AvgIpc) is 2.54. The minimum atomic E-state index is -0.0284. The second-order valence-electron chi connectivity index (χ2n) is 5.11. The summed E-state index contributed by atoms with van der Waals surface area (Å²) in [7, 11) is 0. The summed E-state index contributed by atoms with van der Waals surface area (Å²) in [5.41, 5.74) is 2.97. The lowest BCUT2D eigenvalue weighted by Crippen LogP contribution is -2.38. The highest BCUT2D eigenvalue weighted by Crippen LogP contribution is 2.19. The molecule has 0 aliphatic rings. The molecule has 1 unspecified atom stereocenters. The summed E-state index contributed by atoms with van der Waals surface area (Å²) in [6.45, 7) is 5.65. The van der Waals surface area contributed by atoms with Gasteiger partial charge < -0.3 is 10.6 Å². The molecular formula is C18H22N2O. The molecule has 0 aliphatic carbocycles. The Labute approximate surface area is 126 Å². The van der Waals surface area contributed by atoms with Crippen LogP contribution in [0.25, 0.3) is 11.1 Å². The van der Waals surface area contributed by atoms with E-state index in [9.17, 15) is 4.79 Å². The molecule has 3 heteroatoms. The molecule has 0 heterocycles. The van der Waals surface area contributed by atoms with Gasteiger partial charge in [-0.1, -0.05) is 49.4 Å². The Morgan fingerprint density at radius 3 is 2.24 bits per heavy atom. The molecule has 2 aromatic carbocycles. The van der Waals surface area contributed by atoms with Gasteiger partial charge in [0.2, 0.25) is 0 Å². The molecule has 0 fully saturated rings. The lowest BCUT2D eigenvalue weighted by Gasteiger charge is -2.13. The summed E-state index contributed by atoms with van der Waals surface area (Å²) in [6.07, 6.45) is 0. The molecule has 0 bridgehead atoms. The second kappa shape index (κ2) is 7.60. The van der Waals surface area contributed by atoms with Crippen molar-refractivity contribution in [1.82, 2.24) is 10.6 Å². The van der Waals surface area contributed by atoms with Crippen molar-refractivity contribution in [2.24, 2.45) is 0 Å². The van der Waals surface area contributed by atoms with E-state index in [0.29, 0.717) is 12.1 Å². The van der Waals surface area contributed by atoms with Crippen LogP contribution in [0.4, 0.5) is 0 Å². The SMILES string of the molecule is CCNC(C)CNC(=O)c1ccc(-c2ccccc2)cc1. The Kier molecular flexibility index (Phi) is 5.52. The molecule has 110 valence electrons. The van der Waals surface area contributed by atoms with Crippen LogP contribution in [0.15, 0.2) is 54.6 Å². The molecule has 2 N–H and O–H groups in total. The summed E-state index contributed by atoms with van der Waals surface area (Å²) in [5, 5.41) is 6.21.